The Hall–Kier alpha value is -0.610. The molecule has 1 nitrogen and oxygen atoms in total. The maximum absolute atomic E-state index is 12.9. The Labute approximate surface area is 87.1 Å². The molecule has 2 rings (SSSR count). The lowest BCUT2D eigenvalue weighted by atomic mass is 9.92. The molecule has 0 aromatic heterocycles. The smallest absolute Gasteiger partial charge is 0.159 e. The zero-order valence-electron chi connectivity index (χ0n) is 7.58. The minimum atomic E-state index is -0.779. The van der Waals surface area contributed by atoms with Crippen molar-refractivity contribution in [3.63, 3.8) is 0 Å². The summed E-state index contributed by atoms with van der Waals surface area (Å²) < 4.78 is 25.5. The molecule has 0 N–H and O–H groups in total. The van der Waals surface area contributed by atoms with Gasteiger partial charge in [0.15, 0.2) is 11.6 Å². The van der Waals surface area contributed by atoms with E-state index in [2.05, 4.69) is 17.5 Å². The molecule has 76 valence electrons. The summed E-state index contributed by atoms with van der Waals surface area (Å²) in [4.78, 5) is 2.13. The molecule has 1 heterocycles. The summed E-state index contributed by atoms with van der Waals surface area (Å²) in [6.07, 6.45) is 0. The number of hydrogen-bond donors (Lipinski definition) is 1. The van der Waals surface area contributed by atoms with E-state index in [4.69, 9.17) is 0 Å². The number of halogens is 2. The summed E-state index contributed by atoms with van der Waals surface area (Å²) in [7, 11) is 0. The summed E-state index contributed by atoms with van der Waals surface area (Å²) >= 11 is 4.13. The van der Waals surface area contributed by atoms with Gasteiger partial charge in [-0.05, 0) is 17.7 Å². The number of benzene rings is 1. The lowest BCUT2D eigenvalue weighted by molar-refractivity contribution is 0.180. The molecular formula is C10H11F2NS. The Balaban J connectivity index is 2.08. The van der Waals surface area contributed by atoms with Gasteiger partial charge >= 0.3 is 0 Å². The molecule has 1 aliphatic heterocycles. The Bertz CT molecular complexity index is 337. The fourth-order valence-corrected chi connectivity index (χ4v) is 1.89. The van der Waals surface area contributed by atoms with Crippen molar-refractivity contribution in [3.8, 4) is 0 Å². The summed E-state index contributed by atoms with van der Waals surface area (Å²) in [5.74, 6) is -0.483. The van der Waals surface area contributed by atoms with Crippen molar-refractivity contribution < 1.29 is 8.78 Å². The molecule has 0 saturated carbocycles. The van der Waals surface area contributed by atoms with Crippen molar-refractivity contribution in [2.45, 2.75) is 5.92 Å². The first-order valence-corrected chi connectivity index (χ1v) is 5.12. The maximum atomic E-state index is 12.9. The van der Waals surface area contributed by atoms with E-state index in [9.17, 15) is 8.78 Å². The van der Waals surface area contributed by atoms with Gasteiger partial charge in [-0.2, -0.15) is 12.6 Å². The van der Waals surface area contributed by atoms with E-state index in [1.54, 1.807) is 6.07 Å². The van der Waals surface area contributed by atoms with Crippen molar-refractivity contribution in [2.24, 2.45) is 0 Å². The van der Waals surface area contributed by atoms with Gasteiger partial charge in [0, 0.05) is 24.9 Å². The van der Waals surface area contributed by atoms with Crippen LogP contribution in [0.2, 0.25) is 0 Å². The van der Waals surface area contributed by atoms with Gasteiger partial charge in [0.1, 0.15) is 0 Å². The number of likely N-dealkylation sites (tertiary alicyclic amines) is 1. The lowest BCUT2D eigenvalue weighted by Gasteiger charge is -2.38. The average molecular weight is 215 g/mol. The van der Waals surface area contributed by atoms with Gasteiger partial charge in [0.05, 0.1) is 0 Å². The molecular weight excluding hydrogens is 204 g/mol. The molecule has 14 heavy (non-hydrogen) atoms. The largest absolute Gasteiger partial charge is 0.293 e. The number of rotatable bonds is 2. The molecule has 0 bridgehead atoms. The minimum absolute atomic E-state index is 0.331. The third kappa shape index (κ3) is 1.77. The second-order valence-electron chi connectivity index (χ2n) is 3.55. The van der Waals surface area contributed by atoms with Gasteiger partial charge in [-0.1, -0.05) is 6.07 Å². The first-order chi connectivity index (χ1) is 6.70. The molecule has 0 spiro atoms. The van der Waals surface area contributed by atoms with Crippen LogP contribution in [0.4, 0.5) is 8.78 Å². The van der Waals surface area contributed by atoms with E-state index in [0.717, 1.165) is 24.5 Å². The molecule has 0 aliphatic carbocycles. The maximum Gasteiger partial charge on any atom is 0.159 e. The van der Waals surface area contributed by atoms with Crippen LogP contribution >= 0.6 is 12.6 Å². The predicted octanol–water partition coefficient (Wildman–Crippen LogP) is 2.25. The van der Waals surface area contributed by atoms with E-state index in [-0.39, 0.29) is 0 Å². The van der Waals surface area contributed by atoms with Gasteiger partial charge < -0.3 is 0 Å². The number of thiol groups is 1. The Kier molecular flexibility index (Phi) is 2.74. The van der Waals surface area contributed by atoms with Crippen LogP contribution in [-0.2, 0) is 0 Å². The van der Waals surface area contributed by atoms with Crippen LogP contribution in [0, 0.1) is 11.6 Å². The van der Waals surface area contributed by atoms with Gasteiger partial charge in [-0.25, -0.2) is 8.78 Å². The van der Waals surface area contributed by atoms with Crippen LogP contribution in [0.5, 0.6) is 0 Å². The standard InChI is InChI=1S/C10H11F2NS/c11-9-2-1-7(3-10(9)12)8-4-13(5-8)6-14/h1-3,8,14H,4-6H2. The zero-order chi connectivity index (χ0) is 10.1. The highest BCUT2D eigenvalue weighted by Crippen LogP contribution is 2.27. The molecule has 0 radical (unpaired) electrons. The Morgan fingerprint density at radius 1 is 1.29 bits per heavy atom. The lowest BCUT2D eigenvalue weighted by Crippen LogP contribution is -2.43. The van der Waals surface area contributed by atoms with Crippen LogP contribution in [-0.4, -0.2) is 23.9 Å². The van der Waals surface area contributed by atoms with Gasteiger partial charge in [0.2, 0.25) is 0 Å². The van der Waals surface area contributed by atoms with E-state index < -0.39 is 11.6 Å². The zero-order valence-corrected chi connectivity index (χ0v) is 8.48. The SMILES string of the molecule is Fc1ccc(C2CN(CS)C2)cc1F. The molecule has 1 aromatic carbocycles. The predicted molar refractivity (Wildman–Crippen MR) is 54.5 cm³/mol. The van der Waals surface area contributed by atoms with Crippen molar-refractivity contribution in [2.75, 3.05) is 19.0 Å². The van der Waals surface area contributed by atoms with E-state index in [1.165, 1.54) is 12.1 Å². The second-order valence-corrected chi connectivity index (χ2v) is 3.83. The van der Waals surface area contributed by atoms with Crippen molar-refractivity contribution >= 4 is 12.6 Å². The molecule has 0 amide bonds. The summed E-state index contributed by atoms with van der Waals surface area (Å²) in [5, 5.41) is 0. The van der Waals surface area contributed by atoms with E-state index in [0.29, 0.717) is 5.92 Å². The van der Waals surface area contributed by atoms with Gasteiger partial charge in [-0.3, -0.25) is 4.90 Å². The third-order valence-corrected chi connectivity index (χ3v) is 2.97. The highest BCUT2D eigenvalue weighted by Gasteiger charge is 2.27. The van der Waals surface area contributed by atoms with Crippen LogP contribution < -0.4 is 0 Å². The fraction of sp³-hybridized carbons (Fsp3) is 0.400. The summed E-state index contributed by atoms with van der Waals surface area (Å²) in [5.41, 5.74) is 0.877. The van der Waals surface area contributed by atoms with Crippen LogP contribution in [0.25, 0.3) is 0 Å². The summed E-state index contributed by atoms with van der Waals surface area (Å²) in [6, 6.07) is 4.13. The quantitative estimate of drug-likeness (QED) is 0.741. The Morgan fingerprint density at radius 2 is 2.00 bits per heavy atom. The van der Waals surface area contributed by atoms with E-state index in [1.807, 2.05) is 0 Å². The normalized spacial score (nSPS) is 18.2. The fourth-order valence-electron chi connectivity index (χ4n) is 1.66. The van der Waals surface area contributed by atoms with Gasteiger partial charge in [0.25, 0.3) is 0 Å². The van der Waals surface area contributed by atoms with Crippen molar-refractivity contribution in [1.82, 2.24) is 4.90 Å². The molecule has 1 aliphatic rings. The first-order valence-electron chi connectivity index (χ1n) is 4.49. The second kappa shape index (κ2) is 3.87. The van der Waals surface area contributed by atoms with Crippen molar-refractivity contribution in [1.29, 1.82) is 0 Å². The summed E-state index contributed by atoms with van der Waals surface area (Å²) in [6.45, 7) is 1.77. The molecule has 1 fully saturated rings. The molecule has 0 atom stereocenters. The molecule has 1 aromatic rings. The van der Waals surface area contributed by atoms with Crippen molar-refractivity contribution in [3.05, 3.63) is 35.4 Å². The first kappa shape index (κ1) is 9.93. The number of nitrogens with zero attached hydrogens (tertiary/aromatic N) is 1. The monoisotopic (exact) mass is 215 g/mol. The third-order valence-electron chi connectivity index (χ3n) is 2.57. The number of hydrogen-bond acceptors (Lipinski definition) is 2. The minimum Gasteiger partial charge on any atom is -0.293 e. The van der Waals surface area contributed by atoms with Crippen LogP contribution in [0.15, 0.2) is 18.2 Å². The van der Waals surface area contributed by atoms with Crippen LogP contribution in [0.3, 0.4) is 0 Å². The molecule has 1 saturated heterocycles. The van der Waals surface area contributed by atoms with E-state index >= 15 is 0 Å². The molecule has 0 unspecified atom stereocenters. The Morgan fingerprint density at radius 3 is 2.57 bits per heavy atom. The highest BCUT2D eigenvalue weighted by molar-refractivity contribution is 7.80. The molecule has 4 heteroatoms. The van der Waals surface area contributed by atoms with Crippen LogP contribution in [0.1, 0.15) is 11.5 Å². The highest BCUT2D eigenvalue weighted by atomic mass is 32.1. The average Bonchev–Trinajstić information content (AvgIpc) is 2.09. The topological polar surface area (TPSA) is 3.24 Å². The van der Waals surface area contributed by atoms with Gasteiger partial charge in [-0.15, -0.1) is 0 Å².